The lowest BCUT2D eigenvalue weighted by atomic mass is 10.2. The molecule has 1 N–H and O–H groups in total. The number of anilines is 1. The van der Waals surface area contributed by atoms with Crippen LogP contribution in [0.4, 0.5) is 11.4 Å². The lowest BCUT2D eigenvalue weighted by molar-refractivity contribution is -0.119. The lowest BCUT2D eigenvalue weighted by Crippen LogP contribution is -2.30. The third-order valence-electron chi connectivity index (χ3n) is 3.72. The summed E-state index contributed by atoms with van der Waals surface area (Å²) in [6, 6.07) is 15.2. The van der Waals surface area contributed by atoms with Crippen molar-refractivity contribution in [3.63, 3.8) is 0 Å². The van der Waals surface area contributed by atoms with Crippen molar-refractivity contribution in [2.24, 2.45) is 10.2 Å². The molecule has 1 fully saturated rings. The molecule has 126 valence electrons. The van der Waals surface area contributed by atoms with Crippen molar-refractivity contribution in [1.29, 1.82) is 0 Å². The van der Waals surface area contributed by atoms with Crippen molar-refractivity contribution < 1.29 is 14.7 Å². The Hall–Kier alpha value is -3.13. The van der Waals surface area contributed by atoms with E-state index in [2.05, 4.69) is 10.2 Å². The SMILES string of the molecule is CN1C(=S)N(c2ccccc2)C(=O)[C@H]1N=Nc1ccccc1C(=O)O. The lowest BCUT2D eigenvalue weighted by Gasteiger charge is -2.16. The maximum absolute atomic E-state index is 12.7. The van der Waals surface area contributed by atoms with E-state index in [4.69, 9.17) is 12.2 Å². The van der Waals surface area contributed by atoms with E-state index in [1.165, 1.54) is 21.9 Å². The highest BCUT2D eigenvalue weighted by atomic mass is 32.1. The number of nitrogens with zero attached hydrogens (tertiary/aromatic N) is 4. The molecule has 25 heavy (non-hydrogen) atoms. The van der Waals surface area contributed by atoms with Crippen LogP contribution >= 0.6 is 12.2 Å². The largest absolute Gasteiger partial charge is 0.478 e. The van der Waals surface area contributed by atoms with Gasteiger partial charge in [-0.05, 0) is 36.5 Å². The molecule has 1 amide bonds. The Morgan fingerprint density at radius 1 is 1.12 bits per heavy atom. The Morgan fingerprint density at radius 3 is 2.44 bits per heavy atom. The van der Waals surface area contributed by atoms with Gasteiger partial charge in [-0.25, -0.2) is 4.79 Å². The first-order valence-electron chi connectivity index (χ1n) is 7.39. The highest BCUT2D eigenvalue weighted by molar-refractivity contribution is 7.80. The Balaban J connectivity index is 1.90. The summed E-state index contributed by atoms with van der Waals surface area (Å²) >= 11 is 5.33. The molecule has 0 spiro atoms. The van der Waals surface area contributed by atoms with Crippen LogP contribution in [0.1, 0.15) is 10.4 Å². The number of carbonyl (C=O) groups excluding carboxylic acids is 1. The number of benzene rings is 2. The molecule has 3 rings (SSSR count). The summed E-state index contributed by atoms with van der Waals surface area (Å²) in [5.41, 5.74) is 0.843. The van der Waals surface area contributed by atoms with Gasteiger partial charge in [-0.2, -0.15) is 10.2 Å². The summed E-state index contributed by atoms with van der Waals surface area (Å²) in [6.45, 7) is 0. The molecular weight excluding hydrogens is 340 g/mol. The van der Waals surface area contributed by atoms with Gasteiger partial charge in [0.15, 0.2) is 5.11 Å². The summed E-state index contributed by atoms with van der Waals surface area (Å²) in [7, 11) is 1.65. The Kier molecular flexibility index (Phi) is 4.53. The molecule has 7 nitrogen and oxygen atoms in total. The summed E-state index contributed by atoms with van der Waals surface area (Å²) in [5, 5.41) is 17.5. The molecule has 0 radical (unpaired) electrons. The van der Waals surface area contributed by atoms with Gasteiger partial charge in [0.25, 0.3) is 5.91 Å². The van der Waals surface area contributed by atoms with Gasteiger partial charge in [-0.15, -0.1) is 0 Å². The van der Waals surface area contributed by atoms with Crippen LogP contribution in [0.25, 0.3) is 0 Å². The number of carboxylic acid groups (broad SMARTS) is 1. The highest BCUT2D eigenvalue weighted by Gasteiger charge is 2.41. The van der Waals surface area contributed by atoms with Gasteiger partial charge in [0.2, 0.25) is 6.17 Å². The van der Waals surface area contributed by atoms with Crippen LogP contribution in [0.2, 0.25) is 0 Å². The number of hydrogen-bond donors (Lipinski definition) is 1. The Labute approximate surface area is 149 Å². The Morgan fingerprint density at radius 2 is 1.76 bits per heavy atom. The predicted molar refractivity (Wildman–Crippen MR) is 96.0 cm³/mol. The van der Waals surface area contributed by atoms with Crippen molar-refractivity contribution in [2.75, 3.05) is 11.9 Å². The van der Waals surface area contributed by atoms with E-state index in [9.17, 15) is 14.7 Å². The maximum atomic E-state index is 12.7. The second kappa shape index (κ2) is 6.78. The molecule has 0 saturated carbocycles. The van der Waals surface area contributed by atoms with Crippen LogP contribution in [0.3, 0.4) is 0 Å². The van der Waals surface area contributed by atoms with Crippen molar-refractivity contribution in [3.8, 4) is 0 Å². The van der Waals surface area contributed by atoms with E-state index in [1.807, 2.05) is 18.2 Å². The van der Waals surface area contributed by atoms with E-state index in [0.29, 0.717) is 10.8 Å². The van der Waals surface area contributed by atoms with Crippen LogP contribution < -0.4 is 4.90 Å². The Bertz CT molecular complexity index is 869. The number of rotatable bonds is 4. The molecule has 1 aliphatic rings. The molecular formula is C17H14N4O3S. The summed E-state index contributed by atoms with van der Waals surface area (Å²) < 4.78 is 0. The minimum absolute atomic E-state index is 0.0156. The number of amides is 1. The number of aromatic carboxylic acids is 1. The van der Waals surface area contributed by atoms with Crippen LogP contribution in [0.15, 0.2) is 64.8 Å². The van der Waals surface area contributed by atoms with Crippen molar-refractivity contribution in [3.05, 3.63) is 60.2 Å². The second-order valence-electron chi connectivity index (χ2n) is 5.31. The number of carbonyl (C=O) groups is 2. The van der Waals surface area contributed by atoms with Crippen LogP contribution in [0.5, 0.6) is 0 Å². The van der Waals surface area contributed by atoms with Crippen LogP contribution in [-0.2, 0) is 4.79 Å². The van der Waals surface area contributed by atoms with E-state index in [0.717, 1.165) is 0 Å². The van der Waals surface area contributed by atoms with E-state index < -0.39 is 12.1 Å². The number of likely N-dealkylation sites (N-methyl/N-ethyl adjacent to an activating group) is 1. The van der Waals surface area contributed by atoms with Crippen molar-refractivity contribution in [1.82, 2.24) is 4.90 Å². The standard InChI is InChI=1S/C17H14N4O3S/c1-20-14(19-18-13-10-6-5-9-12(13)16(23)24)15(22)21(17(20)25)11-7-3-2-4-8-11/h2-10,14H,1H3,(H,23,24)/t14-/m0/s1. The van der Waals surface area contributed by atoms with E-state index in [1.54, 1.807) is 31.3 Å². The first-order chi connectivity index (χ1) is 12.0. The van der Waals surface area contributed by atoms with Crippen molar-refractivity contribution in [2.45, 2.75) is 6.17 Å². The number of para-hydroxylation sites is 1. The summed E-state index contributed by atoms with van der Waals surface area (Å²) in [5.74, 6) is -1.45. The molecule has 0 aromatic heterocycles. The van der Waals surface area contributed by atoms with Gasteiger partial charge >= 0.3 is 5.97 Å². The van der Waals surface area contributed by atoms with E-state index >= 15 is 0 Å². The van der Waals surface area contributed by atoms with Crippen LogP contribution in [-0.4, -0.2) is 40.2 Å². The monoisotopic (exact) mass is 354 g/mol. The molecule has 1 heterocycles. The second-order valence-corrected chi connectivity index (χ2v) is 5.68. The topological polar surface area (TPSA) is 85.6 Å². The number of hydrogen-bond acceptors (Lipinski definition) is 5. The zero-order chi connectivity index (χ0) is 18.0. The predicted octanol–water partition coefficient (Wildman–Crippen LogP) is 3.06. The third-order valence-corrected chi connectivity index (χ3v) is 4.20. The van der Waals surface area contributed by atoms with Gasteiger partial charge < -0.3 is 10.0 Å². The molecule has 0 unspecified atom stereocenters. The zero-order valence-corrected chi connectivity index (χ0v) is 14.1. The van der Waals surface area contributed by atoms with Gasteiger partial charge in [-0.1, -0.05) is 30.3 Å². The molecule has 0 aliphatic carbocycles. The fourth-order valence-electron chi connectivity index (χ4n) is 2.44. The molecule has 2 aromatic rings. The molecule has 0 bridgehead atoms. The average molecular weight is 354 g/mol. The first-order valence-corrected chi connectivity index (χ1v) is 7.80. The summed E-state index contributed by atoms with van der Waals surface area (Å²) in [6.07, 6.45) is -0.936. The van der Waals surface area contributed by atoms with Gasteiger partial charge in [-0.3, -0.25) is 9.69 Å². The highest BCUT2D eigenvalue weighted by Crippen LogP contribution is 2.26. The minimum Gasteiger partial charge on any atom is -0.478 e. The third kappa shape index (κ3) is 3.11. The summed E-state index contributed by atoms with van der Waals surface area (Å²) in [4.78, 5) is 26.8. The molecule has 8 heteroatoms. The minimum atomic E-state index is -1.11. The number of carboxylic acids is 1. The average Bonchev–Trinajstić information content (AvgIpc) is 2.83. The zero-order valence-electron chi connectivity index (χ0n) is 13.2. The molecule has 1 atom stereocenters. The van der Waals surface area contributed by atoms with E-state index in [-0.39, 0.29) is 17.2 Å². The quantitative estimate of drug-likeness (QED) is 0.674. The smallest absolute Gasteiger partial charge is 0.337 e. The van der Waals surface area contributed by atoms with Gasteiger partial charge in [0.05, 0.1) is 16.9 Å². The fraction of sp³-hybridized carbons (Fsp3) is 0.118. The molecule has 2 aromatic carbocycles. The maximum Gasteiger partial charge on any atom is 0.337 e. The van der Waals surface area contributed by atoms with Gasteiger partial charge in [0.1, 0.15) is 0 Å². The number of thiocarbonyl (C=S) groups is 1. The molecule has 1 saturated heterocycles. The normalized spacial score (nSPS) is 17.6. The fourth-order valence-corrected chi connectivity index (χ4v) is 2.73. The first kappa shape index (κ1) is 16.7. The van der Waals surface area contributed by atoms with Crippen LogP contribution in [0, 0.1) is 0 Å². The molecule has 1 aliphatic heterocycles. The van der Waals surface area contributed by atoms with Gasteiger partial charge in [0, 0.05) is 7.05 Å². The number of azo groups is 1. The van der Waals surface area contributed by atoms with Crippen molar-refractivity contribution >= 4 is 40.6 Å².